The zero-order valence-corrected chi connectivity index (χ0v) is 18.8. The predicted octanol–water partition coefficient (Wildman–Crippen LogP) is 2.22. The molecule has 1 saturated heterocycles. The maximum Gasteiger partial charge on any atom is 0.333 e. The first-order valence-corrected chi connectivity index (χ1v) is 10.8. The van der Waals surface area contributed by atoms with Gasteiger partial charge in [0.25, 0.3) is 5.56 Å². The van der Waals surface area contributed by atoms with Crippen molar-refractivity contribution < 1.29 is 0 Å². The molecule has 2 aromatic heterocycles. The van der Waals surface area contributed by atoms with Crippen LogP contribution < -0.4 is 21.5 Å². The van der Waals surface area contributed by atoms with E-state index in [9.17, 15) is 9.59 Å². The Labute approximate surface area is 186 Å². The Morgan fingerprint density at radius 3 is 2.44 bits per heavy atom. The highest BCUT2D eigenvalue weighted by molar-refractivity contribution is 5.75. The first-order valence-electron chi connectivity index (χ1n) is 10.8. The topological polar surface area (TPSA) is 88.3 Å². The van der Waals surface area contributed by atoms with E-state index in [0.29, 0.717) is 17.0 Å². The van der Waals surface area contributed by atoms with E-state index < -0.39 is 11.2 Å². The second-order valence-corrected chi connectivity index (χ2v) is 8.34. The van der Waals surface area contributed by atoms with Crippen molar-refractivity contribution in [2.75, 3.05) is 43.4 Å². The highest BCUT2D eigenvalue weighted by atomic mass is 16.2. The van der Waals surface area contributed by atoms with Crippen LogP contribution in [0.2, 0.25) is 0 Å². The average Bonchev–Trinajstić information content (AvgIpc) is 2.77. The van der Waals surface area contributed by atoms with E-state index in [2.05, 4.69) is 50.8 Å². The summed E-state index contributed by atoms with van der Waals surface area (Å²) in [5, 5.41) is 3.49. The second kappa shape index (κ2) is 8.96. The quantitative estimate of drug-likeness (QED) is 0.594. The molecule has 4 rings (SSSR count). The molecule has 0 bridgehead atoms. The molecule has 3 heterocycles. The zero-order chi connectivity index (χ0) is 22.8. The van der Waals surface area contributed by atoms with Crippen molar-refractivity contribution in [3.8, 4) is 0 Å². The smallest absolute Gasteiger partial charge is 0.333 e. The van der Waals surface area contributed by atoms with E-state index >= 15 is 0 Å². The number of fused-ring (bicyclic) bond motifs is 1. The minimum Gasteiger partial charge on any atom is -0.369 e. The van der Waals surface area contributed by atoms with Gasteiger partial charge in [0.2, 0.25) is 5.95 Å². The number of nitrogens with zero attached hydrogens (tertiary/aromatic N) is 6. The molecular weight excluding hydrogens is 406 g/mol. The van der Waals surface area contributed by atoms with Gasteiger partial charge in [-0.25, -0.2) is 9.78 Å². The van der Waals surface area contributed by atoms with Crippen LogP contribution in [0.3, 0.4) is 0 Å². The van der Waals surface area contributed by atoms with Crippen molar-refractivity contribution in [3.63, 3.8) is 0 Å². The minimum absolute atomic E-state index is 0.139. The Hall–Kier alpha value is -3.46. The molecule has 0 saturated carbocycles. The molecule has 3 aromatic rings. The van der Waals surface area contributed by atoms with Gasteiger partial charge in [-0.15, -0.1) is 6.58 Å². The van der Waals surface area contributed by atoms with Crippen molar-refractivity contribution in [1.29, 1.82) is 0 Å². The summed E-state index contributed by atoms with van der Waals surface area (Å²) in [4.78, 5) is 39.2. The van der Waals surface area contributed by atoms with Crippen molar-refractivity contribution in [3.05, 3.63) is 64.0 Å². The van der Waals surface area contributed by atoms with E-state index in [1.165, 1.54) is 22.5 Å². The van der Waals surface area contributed by atoms with Gasteiger partial charge in [0, 0.05) is 56.3 Å². The number of benzene rings is 1. The van der Waals surface area contributed by atoms with Gasteiger partial charge in [-0.1, -0.05) is 6.08 Å². The summed E-state index contributed by atoms with van der Waals surface area (Å²) in [5.41, 5.74) is 1.52. The lowest BCUT2D eigenvalue weighted by atomic mass is 10.2. The molecule has 32 heavy (non-hydrogen) atoms. The third kappa shape index (κ3) is 4.16. The zero-order valence-electron chi connectivity index (χ0n) is 18.8. The summed E-state index contributed by atoms with van der Waals surface area (Å²) >= 11 is 0. The second-order valence-electron chi connectivity index (χ2n) is 8.34. The molecule has 1 fully saturated rings. The number of allylic oxidation sites excluding steroid dienone is 1. The summed E-state index contributed by atoms with van der Waals surface area (Å²) in [7, 11) is 2.14. The molecule has 0 aliphatic carbocycles. The van der Waals surface area contributed by atoms with E-state index in [0.717, 1.165) is 36.4 Å². The molecule has 0 amide bonds. The van der Waals surface area contributed by atoms with Gasteiger partial charge in [-0.2, -0.15) is 4.98 Å². The Bertz CT molecular complexity index is 1240. The van der Waals surface area contributed by atoms with Crippen LogP contribution in [0.25, 0.3) is 11.0 Å². The van der Waals surface area contributed by atoms with Crippen LogP contribution in [0, 0.1) is 0 Å². The van der Waals surface area contributed by atoms with Gasteiger partial charge in [0.1, 0.15) is 5.39 Å². The molecule has 168 valence electrons. The molecule has 1 aromatic carbocycles. The highest BCUT2D eigenvalue weighted by Gasteiger charge is 2.17. The van der Waals surface area contributed by atoms with Gasteiger partial charge < -0.3 is 15.1 Å². The Kier molecular flexibility index (Phi) is 6.09. The maximum atomic E-state index is 12.9. The van der Waals surface area contributed by atoms with E-state index in [4.69, 9.17) is 0 Å². The summed E-state index contributed by atoms with van der Waals surface area (Å²) in [6.07, 6.45) is 3.01. The van der Waals surface area contributed by atoms with Crippen LogP contribution >= 0.6 is 0 Å². The van der Waals surface area contributed by atoms with Crippen molar-refractivity contribution >= 4 is 28.4 Å². The fraction of sp³-hybridized carbons (Fsp3) is 0.391. The van der Waals surface area contributed by atoms with Gasteiger partial charge in [-0.05, 0) is 45.2 Å². The molecule has 0 radical (unpaired) electrons. The van der Waals surface area contributed by atoms with Crippen LogP contribution in [0.4, 0.5) is 17.3 Å². The van der Waals surface area contributed by atoms with Gasteiger partial charge >= 0.3 is 5.69 Å². The first-order chi connectivity index (χ1) is 15.4. The first kappa shape index (κ1) is 21.8. The summed E-state index contributed by atoms with van der Waals surface area (Å²) in [5.74, 6) is 0.333. The molecular formula is C23H29N7O2. The molecule has 0 atom stereocenters. The fourth-order valence-corrected chi connectivity index (χ4v) is 3.93. The minimum atomic E-state index is -0.412. The van der Waals surface area contributed by atoms with Gasteiger partial charge in [0.15, 0.2) is 5.65 Å². The number of nitrogens with one attached hydrogen (secondary N) is 1. The monoisotopic (exact) mass is 435 g/mol. The molecule has 9 heteroatoms. The molecule has 1 N–H and O–H groups in total. The SMILES string of the molecule is C=CCn1c(=O)c2cnc(Nc3ccc(N4CCN(C)CC4)cc3)nc2n(C(C)C)c1=O. The summed E-state index contributed by atoms with van der Waals surface area (Å²) in [6, 6.07) is 7.95. The molecule has 9 nitrogen and oxygen atoms in total. The van der Waals surface area contributed by atoms with E-state index in [1.54, 1.807) is 0 Å². The standard InChI is InChI=1S/C23H29N7O2/c1-5-10-29-21(31)19-15-24-22(26-20(19)30(16(2)3)23(29)32)25-17-6-8-18(9-7-17)28-13-11-27(4)12-14-28/h5-9,15-16H,1,10-14H2,2-4H3,(H,24,25,26). The number of likely N-dealkylation sites (N-methyl/N-ethyl adjacent to an activating group) is 1. The maximum absolute atomic E-state index is 12.9. The molecule has 0 spiro atoms. The van der Waals surface area contributed by atoms with Crippen LogP contribution in [0.15, 0.2) is 52.7 Å². The lowest BCUT2D eigenvalue weighted by Gasteiger charge is -2.34. The van der Waals surface area contributed by atoms with Crippen molar-refractivity contribution in [2.45, 2.75) is 26.4 Å². The number of hydrogen-bond acceptors (Lipinski definition) is 7. The summed E-state index contributed by atoms with van der Waals surface area (Å²) in [6.45, 7) is 11.7. The Morgan fingerprint density at radius 2 is 1.81 bits per heavy atom. The van der Waals surface area contributed by atoms with Gasteiger partial charge in [-0.3, -0.25) is 13.9 Å². The number of piperazine rings is 1. The third-order valence-corrected chi connectivity index (χ3v) is 5.73. The lowest BCUT2D eigenvalue weighted by Crippen LogP contribution is -2.44. The van der Waals surface area contributed by atoms with Crippen molar-refractivity contribution in [1.82, 2.24) is 24.0 Å². The normalized spacial score (nSPS) is 14.8. The molecule has 0 unspecified atom stereocenters. The lowest BCUT2D eigenvalue weighted by molar-refractivity contribution is 0.313. The largest absolute Gasteiger partial charge is 0.369 e. The van der Waals surface area contributed by atoms with Crippen LogP contribution in [0.5, 0.6) is 0 Å². The molecule has 1 aliphatic rings. The Balaban J connectivity index is 1.65. The predicted molar refractivity (Wildman–Crippen MR) is 128 cm³/mol. The van der Waals surface area contributed by atoms with Crippen LogP contribution in [-0.2, 0) is 6.54 Å². The third-order valence-electron chi connectivity index (χ3n) is 5.73. The number of aromatic nitrogens is 4. The number of hydrogen-bond donors (Lipinski definition) is 1. The van der Waals surface area contributed by atoms with Gasteiger partial charge in [0.05, 0.1) is 0 Å². The number of rotatable bonds is 6. The average molecular weight is 436 g/mol. The molecule has 1 aliphatic heterocycles. The van der Waals surface area contributed by atoms with Crippen LogP contribution in [0.1, 0.15) is 19.9 Å². The fourth-order valence-electron chi connectivity index (χ4n) is 3.93. The number of anilines is 3. The van der Waals surface area contributed by atoms with Crippen LogP contribution in [-0.4, -0.2) is 57.2 Å². The summed E-state index contributed by atoms with van der Waals surface area (Å²) < 4.78 is 2.67. The Morgan fingerprint density at radius 1 is 1.12 bits per heavy atom. The van der Waals surface area contributed by atoms with E-state index in [1.807, 2.05) is 26.0 Å². The van der Waals surface area contributed by atoms with E-state index in [-0.39, 0.29) is 12.6 Å². The highest BCUT2D eigenvalue weighted by Crippen LogP contribution is 2.21. The van der Waals surface area contributed by atoms with Crippen molar-refractivity contribution in [2.24, 2.45) is 0 Å².